The van der Waals surface area contributed by atoms with Gasteiger partial charge in [0.25, 0.3) is 5.91 Å². The zero-order valence-corrected chi connectivity index (χ0v) is 13.7. The van der Waals surface area contributed by atoms with Crippen molar-refractivity contribution >= 4 is 29.1 Å². The molecule has 1 atom stereocenters. The molecular formula is C16H19ClN2O4. The Bertz CT molecular complexity index is 616. The van der Waals surface area contributed by atoms with Crippen LogP contribution in [-0.4, -0.2) is 55.7 Å². The minimum Gasteiger partial charge on any atom is -0.478 e. The molecule has 0 N–H and O–H groups in total. The molecule has 1 saturated heterocycles. The number of hydrogen-bond donors (Lipinski definition) is 0. The molecule has 0 aromatic heterocycles. The highest BCUT2D eigenvalue weighted by atomic mass is 35.5. The summed E-state index contributed by atoms with van der Waals surface area (Å²) in [5.74, 6) is 0.281. The number of hydrogen-bond acceptors (Lipinski definition) is 4. The van der Waals surface area contributed by atoms with E-state index in [9.17, 15) is 9.59 Å². The van der Waals surface area contributed by atoms with Crippen LogP contribution in [0.2, 0.25) is 5.02 Å². The first-order chi connectivity index (χ1) is 11.1. The second kappa shape index (κ2) is 6.76. The molecule has 7 heteroatoms. The molecule has 2 aliphatic heterocycles. The van der Waals surface area contributed by atoms with Crippen molar-refractivity contribution in [2.75, 3.05) is 37.7 Å². The number of fused-ring (bicyclic) bond motifs is 1. The SMILES string of the molecule is CCC1Oc2ccc(Cl)cc2N(CC(=O)N2CCOCC2)C1=O. The van der Waals surface area contributed by atoms with E-state index in [-0.39, 0.29) is 18.4 Å². The molecule has 3 rings (SSSR count). The van der Waals surface area contributed by atoms with Gasteiger partial charge in [-0.3, -0.25) is 14.5 Å². The van der Waals surface area contributed by atoms with Crippen LogP contribution >= 0.6 is 11.6 Å². The number of anilines is 1. The standard InChI is InChI=1S/C16H19ClN2O4/c1-2-13-16(21)19(10-15(20)18-5-7-22-8-6-18)12-9-11(17)3-4-14(12)23-13/h3-4,9,13H,2,5-8,10H2,1H3. The van der Waals surface area contributed by atoms with E-state index >= 15 is 0 Å². The van der Waals surface area contributed by atoms with E-state index in [2.05, 4.69) is 0 Å². The van der Waals surface area contributed by atoms with E-state index < -0.39 is 6.10 Å². The van der Waals surface area contributed by atoms with Crippen molar-refractivity contribution in [3.05, 3.63) is 23.2 Å². The maximum Gasteiger partial charge on any atom is 0.268 e. The molecular weight excluding hydrogens is 320 g/mol. The maximum absolute atomic E-state index is 12.6. The highest BCUT2D eigenvalue weighted by Gasteiger charge is 2.35. The summed E-state index contributed by atoms with van der Waals surface area (Å²) >= 11 is 6.04. The lowest BCUT2D eigenvalue weighted by atomic mass is 10.1. The molecule has 23 heavy (non-hydrogen) atoms. The van der Waals surface area contributed by atoms with Crippen molar-refractivity contribution in [1.29, 1.82) is 0 Å². The van der Waals surface area contributed by atoms with E-state index in [0.717, 1.165) is 0 Å². The van der Waals surface area contributed by atoms with Gasteiger partial charge in [-0.1, -0.05) is 18.5 Å². The molecule has 2 aliphatic rings. The number of carbonyl (C=O) groups is 2. The second-order valence-corrected chi connectivity index (χ2v) is 5.98. The Morgan fingerprint density at radius 3 is 2.78 bits per heavy atom. The van der Waals surface area contributed by atoms with Gasteiger partial charge >= 0.3 is 0 Å². The molecule has 0 saturated carbocycles. The molecule has 1 aromatic carbocycles. The zero-order chi connectivity index (χ0) is 16.4. The van der Waals surface area contributed by atoms with Crippen LogP contribution in [0.5, 0.6) is 5.75 Å². The van der Waals surface area contributed by atoms with Crippen LogP contribution in [0.3, 0.4) is 0 Å². The van der Waals surface area contributed by atoms with Gasteiger partial charge in [-0.25, -0.2) is 0 Å². The Morgan fingerprint density at radius 2 is 2.09 bits per heavy atom. The average molecular weight is 339 g/mol. The van der Waals surface area contributed by atoms with Crippen LogP contribution in [0.25, 0.3) is 0 Å². The summed E-state index contributed by atoms with van der Waals surface area (Å²) in [5.41, 5.74) is 0.550. The fourth-order valence-electron chi connectivity index (χ4n) is 2.77. The van der Waals surface area contributed by atoms with E-state index in [1.807, 2.05) is 6.92 Å². The number of halogens is 1. The second-order valence-electron chi connectivity index (χ2n) is 5.54. The third-order valence-corrected chi connectivity index (χ3v) is 4.29. The highest BCUT2D eigenvalue weighted by molar-refractivity contribution is 6.31. The highest BCUT2D eigenvalue weighted by Crippen LogP contribution is 2.36. The van der Waals surface area contributed by atoms with Gasteiger partial charge in [-0.15, -0.1) is 0 Å². The zero-order valence-electron chi connectivity index (χ0n) is 13.0. The van der Waals surface area contributed by atoms with Crippen LogP contribution in [0.4, 0.5) is 5.69 Å². The summed E-state index contributed by atoms with van der Waals surface area (Å²) < 4.78 is 11.0. The Morgan fingerprint density at radius 1 is 1.35 bits per heavy atom. The van der Waals surface area contributed by atoms with E-state index in [1.165, 1.54) is 4.90 Å². The quantitative estimate of drug-likeness (QED) is 0.841. The molecule has 124 valence electrons. The molecule has 2 amide bonds. The minimum absolute atomic E-state index is 0.00790. The van der Waals surface area contributed by atoms with Gasteiger partial charge in [0.05, 0.1) is 18.9 Å². The lowest BCUT2D eigenvalue weighted by Gasteiger charge is -2.35. The first-order valence-electron chi connectivity index (χ1n) is 7.73. The normalized spacial score (nSPS) is 21.0. The minimum atomic E-state index is -0.568. The molecule has 1 fully saturated rings. The predicted octanol–water partition coefficient (Wildman–Crippen LogP) is 1.70. The van der Waals surface area contributed by atoms with Crippen molar-refractivity contribution in [2.24, 2.45) is 0 Å². The molecule has 1 aromatic rings. The molecule has 0 radical (unpaired) electrons. The molecule has 0 aliphatic carbocycles. The first-order valence-corrected chi connectivity index (χ1v) is 8.11. The van der Waals surface area contributed by atoms with Crippen molar-refractivity contribution < 1.29 is 19.1 Å². The van der Waals surface area contributed by atoms with Gasteiger partial charge in [-0.05, 0) is 24.6 Å². The van der Waals surface area contributed by atoms with Crippen LogP contribution < -0.4 is 9.64 Å². The van der Waals surface area contributed by atoms with Gasteiger partial charge in [0, 0.05) is 18.1 Å². The van der Waals surface area contributed by atoms with Gasteiger partial charge in [-0.2, -0.15) is 0 Å². The smallest absolute Gasteiger partial charge is 0.268 e. The first kappa shape index (κ1) is 16.1. The number of rotatable bonds is 3. The lowest BCUT2D eigenvalue weighted by Crippen LogP contribution is -2.51. The number of ether oxygens (including phenoxy) is 2. The molecule has 1 unspecified atom stereocenters. The molecule has 2 heterocycles. The van der Waals surface area contributed by atoms with E-state index in [4.69, 9.17) is 21.1 Å². The van der Waals surface area contributed by atoms with Gasteiger partial charge in [0.2, 0.25) is 5.91 Å². The van der Waals surface area contributed by atoms with E-state index in [1.54, 1.807) is 23.1 Å². The largest absolute Gasteiger partial charge is 0.478 e. The predicted molar refractivity (Wildman–Crippen MR) is 85.9 cm³/mol. The van der Waals surface area contributed by atoms with Crippen LogP contribution in [-0.2, 0) is 14.3 Å². The Kier molecular flexibility index (Phi) is 4.73. The summed E-state index contributed by atoms with van der Waals surface area (Å²) in [7, 11) is 0. The summed E-state index contributed by atoms with van der Waals surface area (Å²) in [6, 6.07) is 5.11. The Hall–Kier alpha value is -1.79. The number of morpholine rings is 1. The third-order valence-electron chi connectivity index (χ3n) is 4.05. The molecule has 0 bridgehead atoms. The Labute approximate surface area is 139 Å². The lowest BCUT2D eigenvalue weighted by molar-refractivity contribution is -0.136. The van der Waals surface area contributed by atoms with Gasteiger partial charge in [0.15, 0.2) is 6.10 Å². The van der Waals surface area contributed by atoms with Crippen LogP contribution in [0.15, 0.2) is 18.2 Å². The maximum atomic E-state index is 12.6. The van der Waals surface area contributed by atoms with Crippen molar-refractivity contribution in [2.45, 2.75) is 19.4 Å². The average Bonchev–Trinajstić information content (AvgIpc) is 2.58. The van der Waals surface area contributed by atoms with Crippen molar-refractivity contribution in [3.63, 3.8) is 0 Å². The topological polar surface area (TPSA) is 59.1 Å². The Balaban J connectivity index is 1.85. The third kappa shape index (κ3) is 3.28. The molecule has 6 nitrogen and oxygen atoms in total. The van der Waals surface area contributed by atoms with Gasteiger partial charge < -0.3 is 14.4 Å². The summed E-state index contributed by atoms with van der Waals surface area (Å²) in [5, 5.41) is 0.499. The van der Waals surface area contributed by atoms with Crippen LogP contribution in [0.1, 0.15) is 13.3 Å². The number of nitrogens with zero attached hydrogens (tertiary/aromatic N) is 2. The fraction of sp³-hybridized carbons (Fsp3) is 0.500. The number of carbonyl (C=O) groups excluding carboxylic acids is 2. The number of benzene rings is 1. The van der Waals surface area contributed by atoms with E-state index in [0.29, 0.717) is 49.2 Å². The van der Waals surface area contributed by atoms with Crippen molar-refractivity contribution in [1.82, 2.24) is 4.90 Å². The fourth-order valence-corrected chi connectivity index (χ4v) is 2.93. The summed E-state index contributed by atoms with van der Waals surface area (Å²) in [6.07, 6.45) is -0.0236. The monoisotopic (exact) mass is 338 g/mol. The number of amides is 2. The molecule has 0 spiro atoms. The van der Waals surface area contributed by atoms with Gasteiger partial charge in [0.1, 0.15) is 12.3 Å². The summed E-state index contributed by atoms with van der Waals surface area (Å²) in [6.45, 7) is 4.04. The summed E-state index contributed by atoms with van der Waals surface area (Å²) in [4.78, 5) is 28.3. The van der Waals surface area contributed by atoms with Crippen molar-refractivity contribution in [3.8, 4) is 5.75 Å². The van der Waals surface area contributed by atoms with Crippen LogP contribution in [0, 0.1) is 0 Å².